The first-order chi connectivity index (χ1) is 10.0. The third-order valence-electron chi connectivity index (χ3n) is 4.32. The predicted molar refractivity (Wildman–Crippen MR) is 83.4 cm³/mol. The number of fused-ring (bicyclic) bond motifs is 1. The first-order valence-electron chi connectivity index (χ1n) is 7.39. The maximum absolute atomic E-state index is 12.7. The Balaban J connectivity index is 2.06. The molecule has 21 heavy (non-hydrogen) atoms. The van der Waals surface area contributed by atoms with Gasteiger partial charge < -0.3 is 4.98 Å². The van der Waals surface area contributed by atoms with E-state index in [9.17, 15) is 13.2 Å². The van der Waals surface area contributed by atoms with Crippen molar-refractivity contribution >= 4 is 26.5 Å². The van der Waals surface area contributed by atoms with Crippen LogP contribution < -0.4 is 0 Å². The number of hydrogen-bond acceptors (Lipinski definition) is 3. The fraction of sp³-hybridized carbons (Fsp3) is 0.438. The van der Waals surface area contributed by atoms with E-state index in [1.165, 1.54) is 0 Å². The van der Waals surface area contributed by atoms with Gasteiger partial charge in [-0.15, -0.1) is 0 Å². The number of sulfone groups is 1. The Bertz CT molecular complexity index is 789. The monoisotopic (exact) mass is 305 g/mol. The first-order valence-corrected chi connectivity index (χ1v) is 9.11. The van der Waals surface area contributed by atoms with Crippen LogP contribution in [0.1, 0.15) is 42.1 Å². The van der Waals surface area contributed by atoms with Crippen molar-refractivity contribution in [3.8, 4) is 0 Å². The van der Waals surface area contributed by atoms with Crippen molar-refractivity contribution in [2.45, 2.75) is 37.9 Å². The number of nitrogens with one attached hydrogen (secondary N) is 1. The number of rotatable bonds is 3. The van der Waals surface area contributed by atoms with Gasteiger partial charge in [-0.25, -0.2) is 8.42 Å². The van der Waals surface area contributed by atoms with Gasteiger partial charge in [0.15, 0.2) is 15.6 Å². The smallest absolute Gasteiger partial charge is 0.183 e. The number of carbonyl (C=O) groups excluding carboxylic acids is 1. The molecule has 1 unspecified atom stereocenters. The lowest BCUT2D eigenvalue weighted by molar-refractivity contribution is 0.0983. The second-order valence-corrected chi connectivity index (χ2v) is 7.91. The van der Waals surface area contributed by atoms with Crippen molar-refractivity contribution in [1.29, 1.82) is 0 Å². The number of para-hydroxylation sites is 1. The first kappa shape index (κ1) is 14.3. The molecule has 0 aliphatic carbocycles. The second-order valence-electron chi connectivity index (χ2n) is 5.61. The normalized spacial score (nSPS) is 21.5. The average Bonchev–Trinajstić information content (AvgIpc) is 2.90. The highest BCUT2D eigenvalue weighted by Gasteiger charge is 2.36. The zero-order valence-corrected chi connectivity index (χ0v) is 12.9. The molecule has 3 rings (SSSR count). The molecule has 1 aliphatic heterocycles. The lowest BCUT2D eigenvalue weighted by Gasteiger charge is -2.20. The molecule has 1 N–H and O–H groups in total. The minimum atomic E-state index is -3.30. The predicted octanol–water partition coefficient (Wildman–Crippen LogP) is 2.88. The summed E-state index contributed by atoms with van der Waals surface area (Å²) in [6.07, 6.45) is 4.45. The van der Waals surface area contributed by atoms with Crippen LogP contribution >= 0.6 is 0 Å². The van der Waals surface area contributed by atoms with E-state index in [-0.39, 0.29) is 11.5 Å². The minimum absolute atomic E-state index is 0.131. The summed E-state index contributed by atoms with van der Waals surface area (Å²) in [6.45, 7) is 2.06. The fourth-order valence-corrected chi connectivity index (χ4v) is 5.01. The standard InChI is InChI=1S/C16H19NO3S/c1-2-11-6-5-7-12-13(10-17-15(11)12)16(18)14-8-3-4-9-21(14,19)20/h5-7,10,14,17H,2-4,8-9H2,1H3. The van der Waals surface area contributed by atoms with Gasteiger partial charge in [0.2, 0.25) is 0 Å². The van der Waals surface area contributed by atoms with Gasteiger partial charge in [0.05, 0.1) is 5.75 Å². The van der Waals surface area contributed by atoms with Gasteiger partial charge in [0.25, 0.3) is 0 Å². The minimum Gasteiger partial charge on any atom is -0.360 e. The maximum Gasteiger partial charge on any atom is 0.183 e. The molecule has 0 spiro atoms. The largest absolute Gasteiger partial charge is 0.360 e. The molecule has 0 saturated carbocycles. The van der Waals surface area contributed by atoms with Crippen LogP contribution in [0, 0.1) is 0 Å². The number of Topliss-reactive ketones (excluding diaryl/α,β-unsaturated/α-hetero) is 1. The molecule has 0 bridgehead atoms. The second kappa shape index (κ2) is 5.30. The fourth-order valence-electron chi connectivity index (χ4n) is 3.14. The summed E-state index contributed by atoms with van der Waals surface area (Å²) in [4.78, 5) is 15.8. The van der Waals surface area contributed by atoms with Crippen molar-refractivity contribution in [1.82, 2.24) is 4.98 Å². The summed E-state index contributed by atoms with van der Waals surface area (Å²) in [6, 6.07) is 5.82. The zero-order chi connectivity index (χ0) is 15.0. The summed E-state index contributed by atoms with van der Waals surface area (Å²) in [5.74, 6) is -0.124. The van der Waals surface area contributed by atoms with Crippen molar-refractivity contribution < 1.29 is 13.2 Å². The number of H-pyrrole nitrogens is 1. The molecule has 1 aliphatic rings. The number of hydrogen-bond donors (Lipinski definition) is 1. The Morgan fingerprint density at radius 2 is 2.14 bits per heavy atom. The number of aromatic nitrogens is 1. The molecule has 4 nitrogen and oxygen atoms in total. The number of carbonyl (C=O) groups is 1. The van der Waals surface area contributed by atoms with E-state index < -0.39 is 15.1 Å². The van der Waals surface area contributed by atoms with E-state index in [0.29, 0.717) is 18.4 Å². The molecule has 1 aromatic carbocycles. The lowest BCUT2D eigenvalue weighted by Crippen LogP contribution is -2.35. The van der Waals surface area contributed by atoms with Crippen LogP contribution in [0.5, 0.6) is 0 Å². The summed E-state index contributed by atoms with van der Waals surface area (Å²) < 4.78 is 24.3. The van der Waals surface area contributed by atoms with Gasteiger partial charge >= 0.3 is 0 Å². The zero-order valence-electron chi connectivity index (χ0n) is 12.1. The Morgan fingerprint density at radius 3 is 2.86 bits per heavy atom. The highest BCUT2D eigenvalue weighted by atomic mass is 32.2. The van der Waals surface area contributed by atoms with Crippen LogP contribution in [0.2, 0.25) is 0 Å². The van der Waals surface area contributed by atoms with Crippen molar-refractivity contribution in [3.05, 3.63) is 35.5 Å². The SMILES string of the molecule is CCc1cccc2c(C(=O)C3CCCCS3(=O)=O)c[nH]c12. The summed E-state index contributed by atoms with van der Waals surface area (Å²) >= 11 is 0. The Morgan fingerprint density at radius 1 is 1.33 bits per heavy atom. The number of aryl methyl sites for hydroxylation is 1. The van der Waals surface area contributed by atoms with Gasteiger partial charge in [-0.2, -0.15) is 0 Å². The number of benzene rings is 1. The van der Waals surface area contributed by atoms with Gasteiger partial charge in [-0.05, 0) is 24.8 Å². The molecular weight excluding hydrogens is 286 g/mol. The van der Waals surface area contributed by atoms with E-state index in [1.807, 2.05) is 18.2 Å². The van der Waals surface area contributed by atoms with Crippen molar-refractivity contribution in [2.24, 2.45) is 0 Å². The third-order valence-corrected chi connectivity index (χ3v) is 6.49. The van der Waals surface area contributed by atoms with Crippen LogP contribution in [0.3, 0.4) is 0 Å². The maximum atomic E-state index is 12.7. The van der Waals surface area contributed by atoms with Crippen LogP contribution in [0.4, 0.5) is 0 Å². The molecule has 1 fully saturated rings. The molecule has 1 atom stereocenters. The van der Waals surface area contributed by atoms with Gasteiger partial charge in [0.1, 0.15) is 5.25 Å². The molecular formula is C16H19NO3S. The Labute approximate surface area is 124 Å². The van der Waals surface area contributed by atoms with E-state index in [1.54, 1.807) is 6.20 Å². The lowest BCUT2D eigenvalue weighted by atomic mass is 10.0. The van der Waals surface area contributed by atoms with E-state index in [2.05, 4.69) is 11.9 Å². The summed E-state index contributed by atoms with van der Waals surface area (Å²) in [5.41, 5.74) is 2.59. The molecule has 0 radical (unpaired) electrons. The van der Waals surface area contributed by atoms with Crippen LogP contribution in [0.15, 0.2) is 24.4 Å². The van der Waals surface area contributed by atoms with E-state index >= 15 is 0 Å². The van der Waals surface area contributed by atoms with Gasteiger partial charge in [-0.3, -0.25) is 4.79 Å². The van der Waals surface area contributed by atoms with Crippen molar-refractivity contribution in [2.75, 3.05) is 5.75 Å². The van der Waals surface area contributed by atoms with Gasteiger partial charge in [-0.1, -0.05) is 31.5 Å². The molecule has 0 amide bonds. The quantitative estimate of drug-likeness (QED) is 0.887. The van der Waals surface area contributed by atoms with E-state index in [4.69, 9.17) is 0 Å². The highest BCUT2D eigenvalue weighted by molar-refractivity contribution is 7.92. The third kappa shape index (κ3) is 2.39. The molecule has 2 aromatic rings. The Hall–Kier alpha value is -1.62. The summed E-state index contributed by atoms with van der Waals surface area (Å²) in [5, 5.41) is -0.0318. The number of ketones is 1. The Kier molecular flexibility index (Phi) is 3.61. The molecule has 5 heteroatoms. The van der Waals surface area contributed by atoms with Crippen LogP contribution in [0.25, 0.3) is 10.9 Å². The van der Waals surface area contributed by atoms with Crippen LogP contribution in [-0.4, -0.2) is 30.2 Å². The molecule has 1 saturated heterocycles. The highest BCUT2D eigenvalue weighted by Crippen LogP contribution is 2.28. The molecule has 112 valence electrons. The topological polar surface area (TPSA) is 67.0 Å². The molecule has 2 heterocycles. The van der Waals surface area contributed by atoms with E-state index in [0.717, 1.165) is 29.3 Å². The summed E-state index contributed by atoms with van der Waals surface area (Å²) in [7, 11) is -3.30. The molecule has 1 aromatic heterocycles. The average molecular weight is 305 g/mol. The number of aromatic amines is 1. The van der Waals surface area contributed by atoms with Crippen molar-refractivity contribution in [3.63, 3.8) is 0 Å². The van der Waals surface area contributed by atoms with Crippen LogP contribution in [-0.2, 0) is 16.3 Å². The van der Waals surface area contributed by atoms with Gasteiger partial charge in [0, 0.05) is 22.7 Å².